The van der Waals surface area contributed by atoms with E-state index in [0.29, 0.717) is 53.3 Å². The van der Waals surface area contributed by atoms with E-state index in [4.69, 9.17) is 10.8 Å². The quantitative estimate of drug-likeness (QED) is 0.217. The van der Waals surface area contributed by atoms with Gasteiger partial charge in [0.15, 0.2) is 0 Å². The SMILES string of the molecule is NCCNc1ccc(NCCNC(=O)/C=C\C(=O)O)c2c1C(O)c1ccncc1C2O. The van der Waals surface area contributed by atoms with Crippen molar-refractivity contribution in [3.63, 3.8) is 0 Å². The number of carboxylic acids is 1. The van der Waals surface area contributed by atoms with E-state index in [-0.39, 0.29) is 6.54 Å². The molecule has 0 fully saturated rings. The van der Waals surface area contributed by atoms with E-state index in [1.165, 1.54) is 6.20 Å². The third-order valence-corrected chi connectivity index (χ3v) is 4.89. The molecule has 2 aromatic rings. The first kappa shape index (κ1) is 22.2. The Kier molecular flexibility index (Phi) is 7.19. The average Bonchev–Trinajstić information content (AvgIpc) is 2.77. The van der Waals surface area contributed by atoms with Gasteiger partial charge in [-0.1, -0.05) is 0 Å². The molecule has 0 spiro atoms. The number of carbonyl (C=O) groups is 2. The van der Waals surface area contributed by atoms with E-state index in [9.17, 15) is 19.8 Å². The van der Waals surface area contributed by atoms with Crippen molar-refractivity contribution in [1.29, 1.82) is 0 Å². The number of aromatic nitrogens is 1. The molecule has 10 nitrogen and oxygen atoms in total. The van der Waals surface area contributed by atoms with Crippen LogP contribution >= 0.6 is 0 Å². The Bertz CT molecular complexity index is 994. The predicted molar refractivity (Wildman–Crippen MR) is 115 cm³/mol. The fourth-order valence-electron chi connectivity index (χ4n) is 3.54. The van der Waals surface area contributed by atoms with E-state index in [1.807, 2.05) is 0 Å². The van der Waals surface area contributed by atoms with Crippen LogP contribution in [-0.2, 0) is 9.59 Å². The van der Waals surface area contributed by atoms with Crippen molar-refractivity contribution in [2.75, 3.05) is 36.8 Å². The lowest BCUT2D eigenvalue weighted by Gasteiger charge is -2.32. The zero-order chi connectivity index (χ0) is 22.4. The molecule has 0 aliphatic heterocycles. The molecule has 0 bridgehead atoms. The Labute approximate surface area is 178 Å². The third kappa shape index (κ3) is 5.00. The van der Waals surface area contributed by atoms with Gasteiger partial charge in [0.25, 0.3) is 0 Å². The standard InChI is InChI=1S/C21H25N5O5/c22-6-8-24-14-1-2-15(25-9-10-26-16(27)3-4-17(28)29)19-18(14)20(30)12-5-7-23-11-13(12)21(19)31/h1-5,7,11,20-21,24-25,30-31H,6,8-10,22H2,(H,26,27)(H,28,29)/b4-3-. The molecule has 1 heterocycles. The number of aliphatic carboxylic acids is 1. The van der Waals surface area contributed by atoms with Crippen LogP contribution in [0, 0.1) is 0 Å². The van der Waals surface area contributed by atoms with E-state index < -0.39 is 24.1 Å². The molecule has 0 saturated carbocycles. The van der Waals surface area contributed by atoms with Crippen molar-refractivity contribution in [3.05, 3.63) is 65.0 Å². The van der Waals surface area contributed by atoms with Gasteiger partial charge in [-0.15, -0.1) is 0 Å². The average molecular weight is 427 g/mol. The van der Waals surface area contributed by atoms with Gasteiger partial charge in [-0.25, -0.2) is 4.79 Å². The molecule has 1 aliphatic rings. The number of aliphatic hydroxyl groups is 2. The molecule has 2 atom stereocenters. The van der Waals surface area contributed by atoms with Gasteiger partial charge in [-0.05, 0) is 23.8 Å². The number of nitrogens with two attached hydrogens (primary N) is 1. The molecule has 1 aromatic heterocycles. The molecule has 2 unspecified atom stereocenters. The summed E-state index contributed by atoms with van der Waals surface area (Å²) >= 11 is 0. The van der Waals surface area contributed by atoms with Crippen LogP contribution in [0.4, 0.5) is 11.4 Å². The molecule has 1 aromatic carbocycles. The number of nitrogens with zero attached hydrogens (tertiary/aromatic N) is 1. The monoisotopic (exact) mass is 427 g/mol. The lowest BCUT2D eigenvalue weighted by molar-refractivity contribution is -0.131. The van der Waals surface area contributed by atoms with Gasteiger partial charge < -0.3 is 37.0 Å². The molecule has 31 heavy (non-hydrogen) atoms. The van der Waals surface area contributed by atoms with Crippen molar-refractivity contribution in [2.45, 2.75) is 12.2 Å². The predicted octanol–water partition coefficient (Wildman–Crippen LogP) is 0.0979. The molecule has 1 amide bonds. The van der Waals surface area contributed by atoms with Crippen LogP contribution in [0.3, 0.4) is 0 Å². The Morgan fingerprint density at radius 1 is 0.968 bits per heavy atom. The van der Waals surface area contributed by atoms with Crippen LogP contribution in [0.15, 0.2) is 42.7 Å². The molecule has 3 rings (SSSR count). The van der Waals surface area contributed by atoms with Crippen molar-refractivity contribution < 1.29 is 24.9 Å². The first-order valence-electron chi connectivity index (χ1n) is 9.77. The molecule has 1 aliphatic carbocycles. The molecule has 0 radical (unpaired) electrons. The van der Waals surface area contributed by atoms with Crippen molar-refractivity contribution in [2.24, 2.45) is 5.73 Å². The summed E-state index contributed by atoms with van der Waals surface area (Å²) in [6.07, 6.45) is 2.83. The number of benzene rings is 1. The lowest BCUT2D eigenvalue weighted by Crippen LogP contribution is -2.28. The second-order valence-corrected chi connectivity index (χ2v) is 6.90. The molecule has 164 valence electrons. The summed E-state index contributed by atoms with van der Waals surface area (Å²) in [5.74, 6) is -1.73. The van der Waals surface area contributed by atoms with Crippen molar-refractivity contribution in [3.8, 4) is 0 Å². The second-order valence-electron chi connectivity index (χ2n) is 6.90. The molecule has 0 saturated heterocycles. The fourth-order valence-corrected chi connectivity index (χ4v) is 3.54. The highest BCUT2D eigenvalue weighted by Gasteiger charge is 2.34. The van der Waals surface area contributed by atoms with Crippen molar-refractivity contribution in [1.82, 2.24) is 10.3 Å². The maximum atomic E-state index is 11.6. The number of hydrogen-bond acceptors (Lipinski definition) is 8. The largest absolute Gasteiger partial charge is 0.478 e. The van der Waals surface area contributed by atoms with Crippen LogP contribution in [-0.4, -0.2) is 58.4 Å². The summed E-state index contributed by atoms with van der Waals surface area (Å²) in [5, 5.41) is 39.5. The van der Waals surface area contributed by atoms with E-state index in [0.717, 1.165) is 12.2 Å². The summed E-state index contributed by atoms with van der Waals surface area (Å²) in [4.78, 5) is 26.1. The van der Waals surface area contributed by atoms with E-state index >= 15 is 0 Å². The summed E-state index contributed by atoms with van der Waals surface area (Å²) in [7, 11) is 0. The van der Waals surface area contributed by atoms with Gasteiger partial charge in [0.1, 0.15) is 12.2 Å². The Morgan fingerprint density at radius 2 is 1.61 bits per heavy atom. The van der Waals surface area contributed by atoms with Gasteiger partial charge in [0, 0.05) is 78.8 Å². The van der Waals surface area contributed by atoms with Crippen molar-refractivity contribution >= 4 is 23.3 Å². The normalized spacial score (nSPS) is 17.0. The minimum absolute atomic E-state index is 0.224. The van der Waals surface area contributed by atoms with Crippen LogP contribution in [0.5, 0.6) is 0 Å². The van der Waals surface area contributed by atoms with Gasteiger partial charge in [0.05, 0.1) is 0 Å². The van der Waals surface area contributed by atoms with Crippen LogP contribution in [0.25, 0.3) is 0 Å². The minimum Gasteiger partial charge on any atom is -0.478 e. The van der Waals surface area contributed by atoms with Crippen LogP contribution in [0.2, 0.25) is 0 Å². The van der Waals surface area contributed by atoms with Gasteiger partial charge in [-0.2, -0.15) is 0 Å². The smallest absolute Gasteiger partial charge is 0.328 e. The lowest BCUT2D eigenvalue weighted by atomic mass is 9.81. The summed E-state index contributed by atoms with van der Waals surface area (Å²) in [6, 6.07) is 5.26. The first-order chi connectivity index (χ1) is 14.9. The number of aliphatic hydroxyl groups excluding tert-OH is 2. The highest BCUT2D eigenvalue weighted by atomic mass is 16.4. The number of fused-ring (bicyclic) bond motifs is 2. The Balaban J connectivity index is 1.82. The summed E-state index contributed by atoms with van der Waals surface area (Å²) in [6.45, 7) is 1.45. The number of carbonyl (C=O) groups excluding carboxylic acids is 1. The Hall–Kier alpha value is -3.47. The highest BCUT2D eigenvalue weighted by molar-refractivity contribution is 5.93. The number of pyridine rings is 1. The van der Waals surface area contributed by atoms with E-state index in [1.54, 1.807) is 24.4 Å². The number of anilines is 2. The first-order valence-corrected chi connectivity index (χ1v) is 9.77. The maximum absolute atomic E-state index is 11.6. The van der Waals surface area contributed by atoms with Gasteiger partial charge in [0.2, 0.25) is 5.91 Å². The summed E-state index contributed by atoms with van der Waals surface area (Å²) in [5.41, 5.74) is 9.05. The maximum Gasteiger partial charge on any atom is 0.328 e. The summed E-state index contributed by atoms with van der Waals surface area (Å²) < 4.78 is 0. The van der Waals surface area contributed by atoms with Gasteiger partial charge >= 0.3 is 5.97 Å². The zero-order valence-electron chi connectivity index (χ0n) is 16.7. The van der Waals surface area contributed by atoms with E-state index in [2.05, 4.69) is 20.9 Å². The highest BCUT2D eigenvalue weighted by Crippen LogP contribution is 2.46. The van der Waals surface area contributed by atoms with Crippen LogP contribution < -0.4 is 21.7 Å². The molecule has 8 N–H and O–H groups in total. The zero-order valence-corrected chi connectivity index (χ0v) is 16.7. The topological polar surface area (TPSA) is 170 Å². The number of hydrogen-bond donors (Lipinski definition) is 7. The second kappa shape index (κ2) is 10.0. The number of nitrogens with one attached hydrogen (secondary N) is 3. The number of rotatable bonds is 9. The fraction of sp³-hybridized carbons (Fsp3) is 0.286. The molecule has 10 heteroatoms. The molecular formula is C21H25N5O5. The number of carboxylic acid groups (broad SMARTS) is 1. The minimum atomic E-state index is -1.20. The molecular weight excluding hydrogens is 402 g/mol. The third-order valence-electron chi connectivity index (χ3n) is 4.89. The van der Waals surface area contributed by atoms with Crippen LogP contribution in [0.1, 0.15) is 34.5 Å². The Morgan fingerprint density at radius 3 is 2.26 bits per heavy atom. The van der Waals surface area contributed by atoms with Gasteiger partial charge in [-0.3, -0.25) is 9.78 Å². The number of amides is 1.